The van der Waals surface area contributed by atoms with Crippen LogP contribution in [0, 0.1) is 46.3 Å². The molecule has 1 N–H and O–H groups in total. The second kappa shape index (κ2) is 10.4. The lowest BCUT2D eigenvalue weighted by Crippen LogP contribution is -2.54. The Balaban J connectivity index is 1.36. The highest BCUT2D eigenvalue weighted by molar-refractivity contribution is 5.82. The number of fused-ring (bicyclic) bond motifs is 5. The first-order chi connectivity index (χ1) is 15.8. The molecule has 0 aromatic carbocycles. The molecule has 0 spiro atoms. The number of esters is 1. The number of carbonyl (C=O) groups is 1. The molecule has 0 amide bonds. The fourth-order valence-corrected chi connectivity index (χ4v) is 9.20. The van der Waals surface area contributed by atoms with Gasteiger partial charge in [0.1, 0.15) is 6.10 Å². The third kappa shape index (κ3) is 5.09. The molecular weight excluding hydrogens is 408 g/mol. The molecule has 188 valence electrons. The minimum absolute atomic E-state index is 0.0611. The van der Waals surface area contributed by atoms with Gasteiger partial charge in [-0.15, -0.1) is 0 Å². The monoisotopic (exact) mass is 458 g/mol. The van der Waals surface area contributed by atoms with E-state index < -0.39 is 0 Å². The lowest BCUT2D eigenvalue weighted by Gasteiger charge is -2.61. The summed E-state index contributed by atoms with van der Waals surface area (Å²) < 4.78 is 5.75. The summed E-state index contributed by atoms with van der Waals surface area (Å²) in [5.41, 5.74) is 1.03. The number of aliphatic hydroxyl groups excluding tert-OH is 1. The van der Waals surface area contributed by atoms with Crippen LogP contribution in [-0.2, 0) is 9.53 Å². The minimum Gasteiger partial charge on any atom is -0.459 e. The first-order valence-corrected chi connectivity index (χ1v) is 14.3. The van der Waals surface area contributed by atoms with Crippen LogP contribution in [0.4, 0.5) is 0 Å². The maximum atomic E-state index is 12.0. The number of unbranched alkanes of at least 4 members (excludes halogenated alkanes) is 1. The average Bonchev–Trinajstić information content (AvgIpc) is 3.11. The van der Waals surface area contributed by atoms with Crippen LogP contribution < -0.4 is 0 Å². The standard InChI is InChI=1S/C30H50O3/c1-21(2)8-5-6-9-22-12-14-26-25-13-11-23-20-24(33-28(32)10-7-19-31)15-17-30(23,4)27(25)16-18-29(22,26)3/h7,10,21-27,31H,5-6,8-9,11-20H2,1-4H3/b10-7+. The molecule has 4 aliphatic carbocycles. The maximum absolute atomic E-state index is 12.0. The van der Waals surface area contributed by atoms with Crippen molar-refractivity contribution in [3.8, 4) is 0 Å². The van der Waals surface area contributed by atoms with Crippen LogP contribution in [0.25, 0.3) is 0 Å². The molecule has 0 aromatic heterocycles. The highest BCUT2D eigenvalue weighted by atomic mass is 16.5. The molecule has 0 heterocycles. The zero-order chi connectivity index (χ0) is 23.6. The predicted octanol–water partition coefficient (Wildman–Crippen LogP) is 7.32. The van der Waals surface area contributed by atoms with E-state index in [1.807, 2.05) is 0 Å². The van der Waals surface area contributed by atoms with E-state index in [0.717, 1.165) is 42.4 Å². The topological polar surface area (TPSA) is 46.5 Å². The number of aliphatic hydroxyl groups is 1. The molecule has 8 atom stereocenters. The predicted molar refractivity (Wildman–Crippen MR) is 135 cm³/mol. The molecule has 4 rings (SSSR count). The molecule has 8 unspecified atom stereocenters. The van der Waals surface area contributed by atoms with Crippen LogP contribution in [0.1, 0.15) is 111 Å². The van der Waals surface area contributed by atoms with Crippen molar-refractivity contribution in [2.75, 3.05) is 6.61 Å². The Morgan fingerprint density at radius 1 is 1.00 bits per heavy atom. The van der Waals surface area contributed by atoms with Crippen LogP contribution in [0.15, 0.2) is 12.2 Å². The van der Waals surface area contributed by atoms with E-state index in [9.17, 15) is 4.79 Å². The number of rotatable bonds is 8. The second-order valence-corrected chi connectivity index (χ2v) is 13.1. The highest BCUT2D eigenvalue weighted by Crippen LogP contribution is 2.68. The van der Waals surface area contributed by atoms with Gasteiger partial charge in [-0.05, 0) is 111 Å². The van der Waals surface area contributed by atoms with Crippen molar-refractivity contribution in [3.63, 3.8) is 0 Å². The number of hydrogen-bond donors (Lipinski definition) is 1. The first-order valence-electron chi connectivity index (χ1n) is 14.3. The fraction of sp³-hybridized carbons (Fsp3) is 0.900. The Morgan fingerprint density at radius 2 is 1.76 bits per heavy atom. The van der Waals surface area contributed by atoms with Crippen LogP contribution in [0.2, 0.25) is 0 Å². The van der Waals surface area contributed by atoms with E-state index in [1.165, 1.54) is 82.8 Å². The molecule has 0 aliphatic heterocycles. The number of ether oxygens (including phenoxy) is 1. The van der Waals surface area contributed by atoms with Crippen LogP contribution in [0.5, 0.6) is 0 Å². The molecule has 3 heteroatoms. The van der Waals surface area contributed by atoms with Crippen LogP contribution in [0.3, 0.4) is 0 Å². The van der Waals surface area contributed by atoms with Gasteiger partial charge in [-0.3, -0.25) is 0 Å². The Hall–Kier alpha value is -0.830. The van der Waals surface area contributed by atoms with E-state index in [1.54, 1.807) is 0 Å². The van der Waals surface area contributed by atoms with Crippen molar-refractivity contribution in [3.05, 3.63) is 12.2 Å². The van der Waals surface area contributed by atoms with E-state index in [0.29, 0.717) is 16.7 Å². The smallest absolute Gasteiger partial charge is 0.330 e. The fourth-order valence-electron chi connectivity index (χ4n) is 9.20. The number of hydrogen-bond acceptors (Lipinski definition) is 3. The van der Waals surface area contributed by atoms with Gasteiger partial charge in [0.15, 0.2) is 0 Å². The summed E-state index contributed by atoms with van der Waals surface area (Å²) >= 11 is 0. The molecule has 4 aliphatic rings. The van der Waals surface area contributed by atoms with Gasteiger partial charge < -0.3 is 9.84 Å². The lowest BCUT2D eigenvalue weighted by atomic mass is 9.44. The van der Waals surface area contributed by atoms with Crippen molar-refractivity contribution in [2.45, 2.75) is 117 Å². The zero-order valence-electron chi connectivity index (χ0n) is 21.9. The molecule has 0 radical (unpaired) electrons. The Morgan fingerprint density at radius 3 is 2.52 bits per heavy atom. The van der Waals surface area contributed by atoms with Gasteiger partial charge in [-0.2, -0.15) is 0 Å². The van der Waals surface area contributed by atoms with E-state index in [2.05, 4.69) is 27.7 Å². The molecule has 3 nitrogen and oxygen atoms in total. The van der Waals surface area contributed by atoms with Gasteiger partial charge in [0, 0.05) is 6.08 Å². The van der Waals surface area contributed by atoms with Gasteiger partial charge in [0.05, 0.1) is 6.61 Å². The molecule has 0 aromatic rings. The van der Waals surface area contributed by atoms with E-state index in [-0.39, 0.29) is 18.7 Å². The molecule has 0 saturated heterocycles. The van der Waals surface area contributed by atoms with Gasteiger partial charge in [0.2, 0.25) is 0 Å². The molecular formula is C30H50O3. The zero-order valence-corrected chi connectivity index (χ0v) is 21.9. The Kier molecular flexibility index (Phi) is 7.98. The lowest BCUT2D eigenvalue weighted by molar-refractivity contribution is -0.157. The highest BCUT2D eigenvalue weighted by Gasteiger charge is 2.60. The quantitative estimate of drug-likeness (QED) is 0.235. The van der Waals surface area contributed by atoms with Crippen molar-refractivity contribution < 1.29 is 14.6 Å². The average molecular weight is 459 g/mol. The van der Waals surface area contributed by atoms with Crippen molar-refractivity contribution >= 4 is 5.97 Å². The third-order valence-corrected chi connectivity index (χ3v) is 11.0. The Labute approximate surface area is 203 Å². The number of carbonyl (C=O) groups excluding carboxylic acids is 1. The van der Waals surface area contributed by atoms with Crippen LogP contribution >= 0.6 is 0 Å². The molecule has 33 heavy (non-hydrogen) atoms. The van der Waals surface area contributed by atoms with Gasteiger partial charge in [0.25, 0.3) is 0 Å². The molecule has 4 fully saturated rings. The summed E-state index contributed by atoms with van der Waals surface area (Å²) in [5.74, 6) is 4.97. The summed E-state index contributed by atoms with van der Waals surface area (Å²) in [5, 5.41) is 8.90. The summed E-state index contributed by atoms with van der Waals surface area (Å²) in [6.07, 6.45) is 20.4. The van der Waals surface area contributed by atoms with Crippen molar-refractivity contribution in [1.29, 1.82) is 0 Å². The first kappa shape index (κ1) is 25.3. The van der Waals surface area contributed by atoms with E-state index in [4.69, 9.17) is 9.84 Å². The van der Waals surface area contributed by atoms with Crippen molar-refractivity contribution in [1.82, 2.24) is 0 Å². The van der Waals surface area contributed by atoms with Gasteiger partial charge >= 0.3 is 5.97 Å². The Bertz CT molecular complexity index is 699. The maximum Gasteiger partial charge on any atom is 0.330 e. The summed E-state index contributed by atoms with van der Waals surface area (Å²) in [4.78, 5) is 12.0. The summed E-state index contributed by atoms with van der Waals surface area (Å²) in [6.45, 7) is 9.88. The minimum atomic E-state index is -0.287. The van der Waals surface area contributed by atoms with Gasteiger partial charge in [-0.25, -0.2) is 4.79 Å². The SMILES string of the molecule is CC(C)CCCCC1CCC2C3CCC4CC(OC(=O)/C=C/CO)CCC4(C)C3CCC12C. The van der Waals surface area contributed by atoms with Crippen molar-refractivity contribution in [2.24, 2.45) is 46.3 Å². The molecule has 4 saturated carbocycles. The largest absolute Gasteiger partial charge is 0.459 e. The van der Waals surface area contributed by atoms with Crippen LogP contribution in [-0.4, -0.2) is 23.8 Å². The molecule has 0 bridgehead atoms. The second-order valence-electron chi connectivity index (χ2n) is 13.1. The normalized spacial score (nSPS) is 42.7. The van der Waals surface area contributed by atoms with Gasteiger partial charge in [-0.1, -0.05) is 53.0 Å². The summed E-state index contributed by atoms with van der Waals surface area (Å²) in [6, 6.07) is 0. The van der Waals surface area contributed by atoms with E-state index >= 15 is 0 Å². The summed E-state index contributed by atoms with van der Waals surface area (Å²) in [7, 11) is 0. The third-order valence-electron chi connectivity index (χ3n) is 11.0.